The average Bonchev–Trinajstić information content (AvgIpc) is 3.21. The molecule has 2 fully saturated rings. The van der Waals surface area contributed by atoms with Crippen LogP contribution in [0.1, 0.15) is 38.1 Å². The lowest BCUT2D eigenvalue weighted by Crippen LogP contribution is -2.52. The molecule has 3 heterocycles. The molecule has 1 aromatic heterocycles. The van der Waals surface area contributed by atoms with Crippen molar-refractivity contribution < 1.29 is 22.8 Å². The molecule has 0 saturated carbocycles. The maximum atomic E-state index is 13.3. The van der Waals surface area contributed by atoms with E-state index in [0.717, 1.165) is 0 Å². The molecule has 3 rings (SSSR count). The Labute approximate surface area is 175 Å². The number of rotatable bonds is 6. The number of nitrogens with zero attached hydrogens (tertiary/aromatic N) is 4. The number of halogens is 4. The summed E-state index contributed by atoms with van der Waals surface area (Å²) >= 11 is 0. The number of hydrogen-bond donors (Lipinski definition) is 1. The highest BCUT2D eigenvalue weighted by Crippen LogP contribution is 2.26. The smallest absolute Gasteiger partial charge is 0.262 e. The van der Waals surface area contributed by atoms with Crippen LogP contribution in [0, 0.1) is 0 Å². The van der Waals surface area contributed by atoms with Crippen LogP contribution in [0.3, 0.4) is 0 Å². The van der Waals surface area contributed by atoms with E-state index in [-0.39, 0.29) is 36.8 Å². The van der Waals surface area contributed by atoms with Gasteiger partial charge in [-0.15, -0.1) is 24.8 Å². The lowest BCUT2D eigenvalue weighted by Gasteiger charge is -2.35. The molecule has 0 spiro atoms. The SMILES string of the molecule is CCOC(C)c1noc(CN2CCN(C(=O)C3CC(F)(F)CN3)CC2)n1.Cl.Cl. The number of alkyl halides is 2. The highest BCUT2D eigenvalue weighted by Gasteiger charge is 2.43. The average molecular weight is 446 g/mol. The molecule has 0 radical (unpaired) electrons. The summed E-state index contributed by atoms with van der Waals surface area (Å²) < 4.78 is 37.2. The number of aromatic nitrogens is 2. The maximum absolute atomic E-state index is 13.3. The topological polar surface area (TPSA) is 83.7 Å². The van der Waals surface area contributed by atoms with Gasteiger partial charge < -0.3 is 14.2 Å². The number of amides is 1. The van der Waals surface area contributed by atoms with Gasteiger partial charge in [-0.25, -0.2) is 8.78 Å². The van der Waals surface area contributed by atoms with Gasteiger partial charge in [-0.3, -0.25) is 15.0 Å². The Morgan fingerprint density at radius 3 is 2.61 bits per heavy atom. The number of nitrogens with one attached hydrogen (secondary N) is 1. The molecular formula is C16H27Cl2F2N5O3. The monoisotopic (exact) mass is 445 g/mol. The molecule has 1 amide bonds. The molecule has 2 aliphatic rings. The fraction of sp³-hybridized carbons (Fsp3) is 0.812. The van der Waals surface area contributed by atoms with Crippen molar-refractivity contribution >= 4 is 30.7 Å². The third kappa shape index (κ3) is 6.21. The minimum Gasteiger partial charge on any atom is -0.371 e. The van der Waals surface area contributed by atoms with E-state index in [2.05, 4.69) is 20.4 Å². The first-order valence-corrected chi connectivity index (χ1v) is 8.94. The summed E-state index contributed by atoms with van der Waals surface area (Å²) in [6, 6.07) is -0.782. The second-order valence-corrected chi connectivity index (χ2v) is 6.74. The molecule has 1 N–H and O–H groups in total. The summed E-state index contributed by atoms with van der Waals surface area (Å²) in [5.74, 6) is -2.02. The molecule has 2 saturated heterocycles. The van der Waals surface area contributed by atoms with E-state index < -0.39 is 24.9 Å². The number of carbonyl (C=O) groups excluding carboxylic acids is 1. The zero-order chi connectivity index (χ0) is 18.7. The van der Waals surface area contributed by atoms with Crippen LogP contribution in [-0.2, 0) is 16.1 Å². The Bertz CT molecular complexity index is 629. The van der Waals surface area contributed by atoms with Gasteiger partial charge >= 0.3 is 0 Å². The highest BCUT2D eigenvalue weighted by molar-refractivity contribution is 5.85. The van der Waals surface area contributed by atoms with Crippen LogP contribution in [0.25, 0.3) is 0 Å². The van der Waals surface area contributed by atoms with Crippen molar-refractivity contribution in [1.29, 1.82) is 0 Å². The quantitative estimate of drug-likeness (QED) is 0.712. The number of ether oxygens (including phenoxy) is 1. The van der Waals surface area contributed by atoms with Gasteiger partial charge in [0.1, 0.15) is 6.10 Å². The number of piperazine rings is 1. The van der Waals surface area contributed by atoms with Gasteiger partial charge in [0.2, 0.25) is 11.8 Å². The number of carbonyl (C=O) groups is 1. The van der Waals surface area contributed by atoms with Gasteiger partial charge in [-0.05, 0) is 13.8 Å². The van der Waals surface area contributed by atoms with Crippen molar-refractivity contribution in [3.8, 4) is 0 Å². The van der Waals surface area contributed by atoms with Crippen molar-refractivity contribution in [2.45, 2.75) is 44.9 Å². The minimum atomic E-state index is -2.80. The van der Waals surface area contributed by atoms with E-state index in [1.54, 1.807) is 4.90 Å². The zero-order valence-corrected chi connectivity index (χ0v) is 17.5. The third-order valence-corrected chi connectivity index (χ3v) is 4.71. The van der Waals surface area contributed by atoms with Gasteiger partial charge in [-0.2, -0.15) is 4.98 Å². The highest BCUT2D eigenvalue weighted by atomic mass is 35.5. The molecule has 2 atom stereocenters. The fourth-order valence-electron chi connectivity index (χ4n) is 3.25. The molecule has 0 aromatic carbocycles. The predicted octanol–water partition coefficient (Wildman–Crippen LogP) is 1.65. The Morgan fingerprint density at radius 1 is 1.36 bits per heavy atom. The Kier molecular flexibility index (Phi) is 9.48. The Balaban J connectivity index is 0.00000196. The predicted molar refractivity (Wildman–Crippen MR) is 102 cm³/mol. The molecular weight excluding hydrogens is 419 g/mol. The fourth-order valence-corrected chi connectivity index (χ4v) is 3.25. The van der Waals surface area contributed by atoms with E-state index in [1.807, 2.05) is 13.8 Å². The third-order valence-electron chi connectivity index (χ3n) is 4.71. The first-order chi connectivity index (χ1) is 12.4. The van der Waals surface area contributed by atoms with Crippen molar-refractivity contribution in [3.05, 3.63) is 11.7 Å². The standard InChI is InChI=1S/C16H25F2N5O3.2ClH/c1-3-25-11(2)14-20-13(26-21-14)9-22-4-6-23(7-5-22)15(24)12-8-16(17,18)10-19-12;;/h11-12,19H,3-10H2,1-2H3;2*1H. The summed E-state index contributed by atoms with van der Waals surface area (Å²) in [6.45, 7) is 6.67. The van der Waals surface area contributed by atoms with E-state index >= 15 is 0 Å². The zero-order valence-electron chi connectivity index (χ0n) is 15.9. The lowest BCUT2D eigenvalue weighted by molar-refractivity contribution is -0.135. The lowest BCUT2D eigenvalue weighted by atomic mass is 10.1. The first kappa shape index (κ1) is 25.0. The van der Waals surface area contributed by atoms with Crippen LogP contribution in [-0.4, -0.2) is 77.1 Å². The molecule has 2 aliphatic heterocycles. The molecule has 28 heavy (non-hydrogen) atoms. The maximum Gasteiger partial charge on any atom is 0.262 e. The van der Waals surface area contributed by atoms with Gasteiger partial charge in [-0.1, -0.05) is 5.16 Å². The van der Waals surface area contributed by atoms with Gasteiger partial charge in [0, 0.05) is 39.2 Å². The summed E-state index contributed by atoms with van der Waals surface area (Å²) in [5, 5.41) is 6.55. The molecule has 12 heteroatoms. The second kappa shape index (κ2) is 10.6. The van der Waals surface area contributed by atoms with Crippen LogP contribution >= 0.6 is 24.8 Å². The summed E-state index contributed by atoms with van der Waals surface area (Å²) in [5.41, 5.74) is 0. The first-order valence-electron chi connectivity index (χ1n) is 8.94. The molecule has 8 nitrogen and oxygen atoms in total. The second-order valence-electron chi connectivity index (χ2n) is 6.74. The molecule has 0 bridgehead atoms. The molecule has 0 aliphatic carbocycles. The molecule has 162 valence electrons. The summed E-state index contributed by atoms with van der Waals surface area (Å²) in [4.78, 5) is 20.4. The number of hydrogen-bond acceptors (Lipinski definition) is 7. The van der Waals surface area contributed by atoms with Crippen LogP contribution in [0.5, 0.6) is 0 Å². The van der Waals surface area contributed by atoms with Crippen LogP contribution in [0.4, 0.5) is 8.78 Å². The molecule has 2 unspecified atom stereocenters. The van der Waals surface area contributed by atoms with Crippen LogP contribution in [0.15, 0.2) is 4.52 Å². The summed E-state index contributed by atoms with van der Waals surface area (Å²) in [7, 11) is 0. The van der Waals surface area contributed by atoms with E-state index in [1.165, 1.54) is 0 Å². The van der Waals surface area contributed by atoms with Crippen LogP contribution < -0.4 is 5.32 Å². The van der Waals surface area contributed by atoms with E-state index in [4.69, 9.17) is 9.26 Å². The van der Waals surface area contributed by atoms with Crippen molar-refractivity contribution in [2.75, 3.05) is 39.3 Å². The Morgan fingerprint density at radius 2 is 2.04 bits per heavy atom. The minimum absolute atomic E-state index is 0. The van der Waals surface area contributed by atoms with Crippen molar-refractivity contribution in [2.24, 2.45) is 0 Å². The molecule has 1 aromatic rings. The normalized spacial score (nSPS) is 23.0. The van der Waals surface area contributed by atoms with Crippen molar-refractivity contribution in [1.82, 2.24) is 25.3 Å². The van der Waals surface area contributed by atoms with Crippen LogP contribution in [0.2, 0.25) is 0 Å². The Hall–Kier alpha value is -1.07. The van der Waals surface area contributed by atoms with E-state index in [9.17, 15) is 13.6 Å². The van der Waals surface area contributed by atoms with Gasteiger partial charge in [0.25, 0.3) is 5.92 Å². The van der Waals surface area contributed by atoms with Gasteiger partial charge in [0.15, 0.2) is 5.82 Å². The largest absolute Gasteiger partial charge is 0.371 e. The van der Waals surface area contributed by atoms with E-state index in [0.29, 0.717) is 51.0 Å². The van der Waals surface area contributed by atoms with Gasteiger partial charge in [0.05, 0.1) is 19.1 Å². The summed E-state index contributed by atoms with van der Waals surface area (Å²) in [6.07, 6.45) is -0.640. The van der Waals surface area contributed by atoms with Crippen molar-refractivity contribution in [3.63, 3.8) is 0 Å².